The van der Waals surface area contributed by atoms with Gasteiger partial charge < -0.3 is 10.6 Å². The van der Waals surface area contributed by atoms with Gasteiger partial charge in [0.1, 0.15) is 0 Å². The van der Waals surface area contributed by atoms with Crippen molar-refractivity contribution >= 4 is 5.91 Å². The number of carbonyl (C=O) groups excluding carboxylic acids is 1. The van der Waals surface area contributed by atoms with E-state index in [1.54, 1.807) is 12.4 Å². The molecule has 1 fully saturated rings. The lowest BCUT2D eigenvalue weighted by Crippen LogP contribution is -2.46. The molecule has 1 aromatic rings. The van der Waals surface area contributed by atoms with Crippen molar-refractivity contribution in [1.82, 2.24) is 9.88 Å². The van der Waals surface area contributed by atoms with Crippen LogP contribution in [0.3, 0.4) is 0 Å². The number of hydrogen-bond acceptors (Lipinski definition) is 3. The second kappa shape index (κ2) is 6.15. The second-order valence-electron chi connectivity index (χ2n) is 5.38. The van der Waals surface area contributed by atoms with E-state index in [1.807, 2.05) is 24.0 Å². The van der Waals surface area contributed by atoms with Gasteiger partial charge in [0.2, 0.25) is 5.91 Å². The van der Waals surface area contributed by atoms with Crippen LogP contribution in [0.25, 0.3) is 0 Å². The second-order valence-corrected chi connectivity index (χ2v) is 5.38. The van der Waals surface area contributed by atoms with E-state index < -0.39 is 0 Å². The van der Waals surface area contributed by atoms with Crippen molar-refractivity contribution in [3.8, 4) is 0 Å². The number of pyridine rings is 1. The normalized spacial score (nSPS) is 22.3. The van der Waals surface area contributed by atoms with E-state index in [1.165, 1.54) is 0 Å². The molecule has 2 unspecified atom stereocenters. The van der Waals surface area contributed by atoms with Gasteiger partial charge in [-0.05, 0) is 36.5 Å². The Balaban J connectivity index is 2.13. The first-order valence-electron chi connectivity index (χ1n) is 7.11. The van der Waals surface area contributed by atoms with Crippen LogP contribution in [0.1, 0.15) is 44.7 Å². The number of hydrogen-bond donors (Lipinski definition) is 1. The molecule has 0 spiro atoms. The number of carbonyl (C=O) groups is 1. The van der Waals surface area contributed by atoms with Gasteiger partial charge in [-0.15, -0.1) is 0 Å². The van der Waals surface area contributed by atoms with Gasteiger partial charge in [0.15, 0.2) is 0 Å². The van der Waals surface area contributed by atoms with Gasteiger partial charge in [0.05, 0.1) is 12.1 Å². The van der Waals surface area contributed by atoms with E-state index in [-0.39, 0.29) is 23.9 Å². The lowest BCUT2D eigenvalue weighted by Gasteiger charge is -2.29. The van der Waals surface area contributed by atoms with Crippen molar-refractivity contribution in [1.29, 1.82) is 0 Å². The van der Waals surface area contributed by atoms with Crippen LogP contribution in [0.5, 0.6) is 0 Å². The fourth-order valence-corrected chi connectivity index (χ4v) is 2.65. The van der Waals surface area contributed by atoms with Gasteiger partial charge in [-0.25, -0.2) is 0 Å². The van der Waals surface area contributed by atoms with Crippen molar-refractivity contribution in [3.63, 3.8) is 0 Å². The minimum atomic E-state index is -0.382. The molecule has 2 heterocycles. The summed E-state index contributed by atoms with van der Waals surface area (Å²) < 4.78 is 0. The monoisotopic (exact) mass is 261 g/mol. The summed E-state index contributed by atoms with van der Waals surface area (Å²) in [5.41, 5.74) is 7.25. The first-order valence-corrected chi connectivity index (χ1v) is 7.11. The summed E-state index contributed by atoms with van der Waals surface area (Å²) in [6.45, 7) is 4.93. The summed E-state index contributed by atoms with van der Waals surface area (Å²) in [6.07, 6.45) is 6.56. The predicted molar refractivity (Wildman–Crippen MR) is 75.4 cm³/mol. The Bertz CT molecular complexity index is 421. The molecular formula is C15H23N3O. The van der Waals surface area contributed by atoms with Crippen LogP contribution in [-0.4, -0.2) is 28.4 Å². The summed E-state index contributed by atoms with van der Waals surface area (Å²) in [5.74, 6) is 0.319. The minimum absolute atomic E-state index is 0.0914. The van der Waals surface area contributed by atoms with Gasteiger partial charge in [0.25, 0.3) is 0 Å². The van der Waals surface area contributed by atoms with Gasteiger partial charge in [-0.1, -0.05) is 20.3 Å². The number of rotatable bonds is 4. The molecule has 1 aliphatic heterocycles. The molecule has 0 radical (unpaired) electrons. The maximum atomic E-state index is 12.5. The predicted octanol–water partition coefficient (Wildman–Crippen LogP) is 2.12. The van der Waals surface area contributed by atoms with Gasteiger partial charge >= 0.3 is 0 Å². The number of likely N-dealkylation sites (tertiary alicyclic amines) is 1. The third kappa shape index (κ3) is 2.95. The Morgan fingerprint density at radius 1 is 1.53 bits per heavy atom. The topological polar surface area (TPSA) is 59.2 Å². The zero-order valence-electron chi connectivity index (χ0n) is 11.7. The van der Waals surface area contributed by atoms with E-state index in [0.717, 1.165) is 31.4 Å². The highest BCUT2D eigenvalue weighted by atomic mass is 16.2. The Labute approximate surface area is 115 Å². The fourth-order valence-electron chi connectivity index (χ4n) is 2.65. The Kier molecular flexibility index (Phi) is 4.53. The molecule has 0 aliphatic carbocycles. The van der Waals surface area contributed by atoms with Gasteiger partial charge in [-0.3, -0.25) is 9.78 Å². The number of amides is 1. The van der Waals surface area contributed by atoms with Crippen LogP contribution in [0.15, 0.2) is 24.5 Å². The number of nitrogens with zero attached hydrogens (tertiary/aromatic N) is 2. The molecule has 2 rings (SSSR count). The number of aromatic nitrogens is 1. The molecule has 0 aromatic carbocycles. The highest BCUT2D eigenvalue weighted by Gasteiger charge is 2.33. The van der Waals surface area contributed by atoms with Crippen LogP contribution in [-0.2, 0) is 4.79 Å². The molecule has 2 N–H and O–H groups in total. The lowest BCUT2D eigenvalue weighted by molar-refractivity contribution is -0.134. The van der Waals surface area contributed by atoms with E-state index in [4.69, 9.17) is 5.73 Å². The summed E-state index contributed by atoms with van der Waals surface area (Å²) in [7, 11) is 0. The quantitative estimate of drug-likeness (QED) is 0.903. The summed E-state index contributed by atoms with van der Waals surface area (Å²) in [6, 6.07) is 3.77. The maximum Gasteiger partial charge on any atom is 0.240 e. The van der Waals surface area contributed by atoms with E-state index in [0.29, 0.717) is 0 Å². The van der Waals surface area contributed by atoms with Crippen molar-refractivity contribution in [2.75, 3.05) is 6.54 Å². The fraction of sp³-hybridized carbons (Fsp3) is 0.600. The van der Waals surface area contributed by atoms with Gasteiger partial charge in [-0.2, -0.15) is 0 Å². The van der Waals surface area contributed by atoms with Crippen molar-refractivity contribution in [2.24, 2.45) is 11.7 Å². The Morgan fingerprint density at radius 2 is 2.21 bits per heavy atom. The molecule has 0 bridgehead atoms. The molecule has 19 heavy (non-hydrogen) atoms. The van der Waals surface area contributed by atoms with Crippen LogP contribution in [0, 0.1) is 5.92 Å². The molecule has 4 heteroatoms. The average Bonchev–Trinajstić information content (AvgIpc) is 2.95. The molecule has 104 valence electrons. The zero-order chi connectivity index (χ0) is 13.8. The summed E-state index contributed by atoms with van der Waals surface area (Å²) in [4.78, 5) is 18.5. The van der Waals surface area contributed by atoms with E-state index >= 15 is 0 Å². The molecular weight excluding hydrogens is 238 g/mol. The average molecular weight is 261 g/mol. The molecule has 1 saturated heterocycles. The van der Waals surface area contributed by atoms with Crippen molar-refractivity contribution < 1.29 is 4.79 Å². The Hall–Kier alpha value is -1.42. The van der Waals surface area contributed by atoms with Crippen LogP contribution in [0.2, 0.25) is 0 Å². The first-order chi connectivity index (χ1) is 9.15. The van der Waals surface area contributed by atoms with Crippen molar-refractivity contribution in [2.45, 2.75) is 45.2 Å². The smallest absolute Gasteiger partial charge is 0.240 e. The van der Waals surface area contributed by atoms with E-state index in [2.05, 4.69) is 11.9 Å². The lowest BCUT2D eigenvalue weighted by atomic mass is 9.98. The number of nitrogens with two attached hydrogens (primary N) is 1. The standard InChI is InChI=1S/C15H23N3O/c1-3-11(2)14(16)15(19)18-10-4-5-13(18)12-6-8-17-9-7-12/h6-9,11,13-14H,3-5,10,16H2,1-2H3/t11?,13?,14-/m0/s1. The highest BCUT2D eigenvalue weighted by Crippen LogP contribution is 2.32. The molecule has 3 atom stereocenters. The van der Waals surface area contributed by atoms with Gasteiger partial charge in [0, 0.05) is 18.9 Å². The van der Waals surface area contributed by atoms with E-state index in [9.17, 15) is 4.79 Å². The molecule has 1 amide bonds. The third-order valence-electron chi connectivity index (χ3n) is 4.17. The molecule has 1 aliphatic rings. The third-order valence-corrected chi connectivity index (χ3v) is 4.17. The maximum absolute atomic E-state index is 12.5. The minimum Gasteiger partial charge on any atom is -0.334 e. The Morgan fingerprint density at radius 3 is 2.84 bits per heavy atom. The molecule has 0 saturated carbocycles. The molecule has 1 aromatic heterocycles. The van der Waals surface area contributed by atoms with Crippen LogP contribution >= 0.6 is 0 Å². The SMILES string of the molecule is CCC(C)[C@H](N)C(=O)N1CCCC1c1ccncc1. The van der Waals surface area contributed by atoms with Crippen LogP contribution < -0.4 is 5.73 Å². The zero-order valence-corrected chi connectivity index (χ0v) is 11.7. The highest BCUT2D eigenvalue weighted by molar-refractivity contribution is 5.82. The summed E-state index contributed by atoms with van der Waals surface area (Å²) in [5, 5.41) is 0. The van der Waals surface area contributed by atoms with Crippen molar-refractivity contribution in [3.05, 3.63) is 30.1 Å². The molecule has 4 nitrogen and oxygen atoms in total. The summed E-state index contributed by atoms with van der Waals surface area (Å²) >= 11 is 0. The largest absolute Gasteiger partial charge is 0.334 e. The first kappa shape index (κ1) is 14.0. The van der Waals surface area contributed by atoms with Crippen LogP contribution in [0.4, 0.5) is 0 Å².